The van der Waals surface area contributed by atoms with Gasteiger partial charge in [-0.05, 0) is 6.72 Å². The molecule has 0 saturated heterocycles. The molecule has 0 aromatic carbocycles. The normalized spacial score (nSPS) is 11.2. The fourth-order valence-corrected chi connectivity index (χ4v) is 0.0345. The van der Waals surface area contributed by atoms with Crippen molar-refractivity contribution in [2.75, 3.05) is 0 Å². The van der Waals surface area contributed by atoms with Gasteiger partial charge in [-0.3, -0.25) is 0 Å². The third kappa shape index (κ3) is 1.46. The molecule has 0 rings (SSSR count). The Morgan fingerprint density at radius 3 is 2.50 bits per heavy atom. The van der Waals surface area contributed by atoms with E-state index < -0.39 is 5.88 Å². The molecule has 0 radical (unpaired) electrons. The molecule has 0 aromatic heterocycles. The fourth-order valence-electron chi connectivity index (χ4n) is 0.0345. The second-order valence-corrected chi connectivity index (χ2v) is 0.625. The standard InChI is InChI=1S/C3H4FNO/c1-5-3(6)2-4/h2,6H,1H2/b3-2-. The van der Waals surface area contributed by atoms with Gasteiger partial charge in [0.15, 0.2) is 0 Å². The van der Waals surface area contributed by atoms with Crippen LogP contribution in [0.15, 0.2) is 17.2 Å². The number of rotatable bonds is 1. The Labute approximate surface area is 34.6 Å². The number of halogens is 1. The van der Waals surface area contributed by atoms with Crippen molar-refractivity contribution in [3.05, 3.63) is 12.2 Å². The summed E-state index contributed by atoms with van der Waals surface area (Å²) < 4.78 is 10.8. The molecule has 34 valence electrons. The van der Waals surface area contributed by atoms with Crippen molar-refractivity contribution in [2.24, 2.45) is 4.99 Å². The maximum atomic E-state index is 10.8. The molecule has 0 amide bonds. The van der Waals surface area contributed by atoms with Gasteiger partial charge in [0.2, 0.25) is 5.88 Å². The minimum atomic E-state index is -0.685. The first-order chi connectivity index (χ1) is 2.81. The van der Waals surface area contributed by atoms with Crippen molar-refractivity contribution >= 4 is 6.72 Å². The quantitative estimate of drug-likeness (QED) is 0.377. The lowest BCUT2D eigenvalue weighted by atomic mass is 10.9. The van der Waals surface area contributed by atoms with Crippen molar-refractivity contribution < 1.29 is 9.50 Å². The number of hydrogen-bond acceptors (Lipinski definition) is 2. The van der Waals surface area contributed by atoms with E-state index in [1.807, 2.05) is 0 Å². The largest absolute Gasteiger partial charge is 0.492 e. The first kappa shape index (κ1) is 5.14. The molecule has 0 fully saturated rings. The van der Waals surface area contributed by atoms with Gasteiger partial charge in [-0.15, -0.1) is 0 Å². The summed E-state index contributed by atoms with van der Waals surface area (Å²) in [5.74, 6) is -0.685. The zero-order valence-corrected chi connectivity index (χ0v) is 3.06. The van der Waals surface area contributed by atoms with Gasteiger partial charge in [-0.25, -0.2) is 9.38 Å². The van der Waals surface area contributed by atoms with E-state index in [-0.39, 0.29) is 6.33 Å². The highest BCUT2D eigenvalue weighted by molar-refractivity contribution is 5.26. The molecule has 3 heteroatoms. The summed E-state index contributed by atoms with van der Waals surface area (Å²) >= 11 is 0. The summed E-state index contributed by atoms with van der Waals surface area (Å²) in [6.07, 6.45) is -0.0347. The topological polar surface area (TPSA) is 32.6 Å². The smallest absolute Gasteiger partial charge is 0.239 e. The highest BCUT2D eigenvalue weighted by Crippen LogP contribution is 1.84. The number of aliphatic hydroxyl groups is 1. The van der Waals surface area contributed by atoms with Crippen LogP contribution >= 0.6 is 0 Å². The summed E-state index contributed by atoms with van der Waals surface area (Å²) in [6, 6.07) is 0. The first-order valence-electron chi connectivity index (χ1n) is 1.27. The Bertz CT molecular complexity index is 78.9. The summed E-state index contributed by atoms with van der Waals surface area (Å²) in [5.41, 5.74) is 0. The van der Waals surface area contributed by atoms with Gasteiger partial charge in [0.25, 0.3) is 0 Å². The Morgan fingerprint density at radius 2 is 2.50 bits per heavy atom. The number of aliphatic imine (C=N–C) groups is 1. The summed E-state index contributed by atoms with van der Waals surface area (Å²) in [4.78, 5) is 2.80. The van der Waals surface area contributed by atoms with Crippen molar-refractivity contribution in [1.82, 2.24) is 0 Å². The van der Waals surface area contributed by atoms with Crippen molar-refractivity contribution in [3.63, 3.8) is 0 Å². The van der Waals surface area contributed by atoms with Crippen molar-refractivity contribution in [1.29, 1.82) is 0 Å². The Morgan fingerprint density at radius 1 is 2.00 bits per heavy atom. The molecule has 1 N–H and O–H groups in total. The average Bonchev–Trinajstić information content (AvgIpc) is 1.65. The van der Waals surface area contributed by atoms with Gasteiger partial charge in [-0.2, -0.15) is 0 Å². The number of nitrogens with zero attached hydrogens (tertiary/aromatic N) is 1. The van der Waals surface area contributed by atoms with Crippen molar-refractivity contribution in [2.45, 2.75) is 0 Å². The second-order valence-electron chi connectivity index (χ2n) is 0.625. The molecule has 6 heavy (non-hydrogen) atoms. The summed E-state index contributed by atoms with van der Waals surface area (Å²) in [7, 11) is 0. The van der Waals surface area contributed by atoms with Crippen LogP contribution in [-0.4, -0.2) is 11.8 Å². The highest BCUT2D eigenvalue weighted by atomic mass is 19.1. The van der Waals surface area contributed by atoms with Crippen LogP contribution in [-0.2, 0) is 0 Å². The van der Waals surface area contributed by atoms with Crippen LogP contribution in [0, 0.1) is 0 Å². The van der Waals surface area contributed by atoms with Crippen molar-refractivity contribution in [3.8, 4) is 0 Å². The maximum absolute atomic E-state index is 10.8. The van der Waals surface area contributed by atoms with Crippen LogP contribution in [0.25, 0.3) is 0 Å². The van der Waals surface area contributed by atoms with E-state index in [4.69, 9.17) is 5.11 Å². The molecular weight excluding hydrogens is 85.0 g/mol. The lowest BCUT2D eigenvalue weighted by Crippen LogP contribution is -1.64. The minimum absolute atomic E-state index is 0.0347. The Hall–Kier alpha value is -0.860. The van der Waals surface area contributed by atoms with E-state index in [9.17, 15) is 4.39 Å². The number of hydrogen-bond donors (Lipinski definition) is 1. The van der Waals surface area contributed by atoms with Crippen LogP contribution in [0.3, 0.4) is 0 Å². The van der Waals surface area contributed by atoms with E-state index in [2.05, 4.69) is 11.7 Å². The van der Waals surface area contributed by atoms with Crippen LogP contribution in [0.5, 0.6) is 0 Å². The minimum Gasteiger partial charge on any atom is -0.492 e. The molecular formula is C3H4FNO. The molecule has 0 saturated carbocycles. The zero-order chi connectivity index (χ0) is 4.99. The molecule has 0 spiro atoms. The molecule has 0 aliphatic heterocycles. The number of aliphatic hydroxyl groups excluding tert-OH is 1. The van der Waals surface area contributed by atoms with Gasteiger partial charge in [0.1, 0.15) is 6.33 Å². The van der Waals surface area contributed by atoms with E-state index in [1.165, 1.54) is 0 Å². The lowest BCUT2D eigenvalue weighted by molar-refractivity contribution is 0.392. The van der Waals surface area contributed by atoms with E-state index in [0.29, 0.717) is 0 Å². The van der Waals surface area contributed by atoms with Gasteiger partial charge in [0.05, 0.1) is 0 Å². The molecule has 0 heterocycles. The molecule has 0 aliphatic carbocycles. The molecule has 0 unspecified atom stereocenters. The molecule has 0 aliphatic rings. The van der Waals surface area contributed by atoms with E-state index in [0.717, 1.165) is 0 Å². The monoisotopic (exact) mass is 89.0 g/mol. The molecule has 0 aromatic rings. The van der Waals surface area contributed by atoms with Crippen LogP contribution < -0.4 is 0 Å². The van der Waals surface area contributed by atoms with Gasteiger partial charge in [-0.1, -0.05) is 0 Å². The van der Waals surface area contributed by atoms with E-state index >= 15 is 0 Å². The van der Waals surface area contributed by atoms with Crippen LogP contribution in [0.1, 0.15) is 0 Å². The van der Waals surface area contributed by atoms with Gasteiger partial charge < -0.3 is 5.11 Å². The zero-order valence-electron chi connectivity index (χ0n) is 3.06. The van der Waals surface area contributed by atoms with E-state index in [1.54, 1.807) is 0 Å². The third-order valence-corrected chi connectivity index (χ3v) is 0.260. The Balaban J connectivity index is 3.50. The maximum Gasteiger partial charge on any atom is 0.239 e. The average molecular weight is 89.1 g/mol. The SMILES string of the molecule is C=N/C(O)=C/F. The molecule has 0 bridgehead atoms. The second kappa shape index (κ2) is 2.38. The highest BCUT2D eigenvalue weighted by Gasteiger charge is 1.74. The Kier molecular flexibility index (Phi) is 2.04. The lowest BCUT2D eigenvalue weighted by Gasteiger charge is -1.75. The van der Waals surface area contributed by atoms with Crippen LogP contribution in [0.4, 0.5) is 4.39 Å². The summed E-state index contributed by atoms with van der Waals surface area (Å²) in [5, 5.41) is 7.92. The summed E-state index contributed by atoms with van der Waals surface area (Å²) in [6.45, 7) is 2.82. The third-order valence-electron chi connectivity index (χ3n) is 0.260. The predicted molar refractivity (Wildman–Crippen MR) is 21.4 cm³/mol. The van der Waals surface area contributed by atoms with Gasteiger partial charge >= 0.3 is 0 Å². The molecule has 2 nitrogen and oxygen atoms in total. The predicted octanol–water partition coefficient (Wildman–Crippen LogP) is 1.01. The van der Waals surface area contributed by atoms with Gasteiger partial charge in [0, 0.05) is 0 Å². The van der Waals surface area contributed by atoms with Crippen LogP contribution in [0.2, 0.25) is 0 Å². The molecule has 0 atom stereocenters. The fraction of sp³-hybridized carbons (Fsp3) is 0. The first-order valence-corrected chi connectivity index (χ1v) is 1.27.